The third-order valence-electron chi connectivity index (χ3n) is 4.33. The number of rotatable bonds is 7. The molecule has 0 fully saturated rings. The van der Waals surface area contributed by atoms with Crippen molar-refractivity contribution in [3.05, 3.63) is 59.9 Å². The van der Waals surface area contributed by atoms with E-state index in [-0.39, 0.29) is 24.3 Å². The second kappa shape index (κ2) is 9.10. The minimum Gasteiger partial charge on any atom is -0.353 e. The summed E-state index contributed by atoms with van der Waals surface area (Å²) in [6.45, 7) is 6.09. The number of pyridine rings is 1. The van der Waals surface area contributed by atoms with Crippen molar-refractivity contribution < 1.29 is 9.59 Å². The Bertz CT molecular complexity index is 729. The van der Waals surface area contributed by atoms with Gasteiger partial charge in [0, 0.05) is 42.1 Å². The standard InChI is InChI=1S/C20H26N4O2/c1-13(2)14(3)23-19(25)12-18(21)15-4-6-16(7-5-15)20(26)24-17-8-10-22-11-9-17/h4-11,13-14,18H,12,21H2,1-3H3,(H,23,25)(H,22,24,26). The maximum absolute atomic E-state index is 12.2. The van der Waals surface area contributed by atoms with Crippen LogP contribution in [0.2, 0.25) is 0 Å². The lowest BCUT2D eigenvalue weighted by Gasteiger charge is -2.19. The number of nitrogens with one attached hydrogen (secondary N) is 2. The van der Waals surface area contributed by atoms with Crippen LogP contribution in [0.4, 0.5) is 5.69 Å². The van der Waals surface area contributed by atoms with Gasteiger partial charge in [0.15, 0.2) is 0 Å². The van der Waals surface area contributed by atoms with Crippen LogP contribution in [-0.2, 0) is 4.79 Å². The molecular formula is C20H26N4O2. The molecule has 0 saturated carbocycles. The van der Waals surface area contributed by atoms with E-state index in [0.29, 0.717) is 17.2 Å². The normalized spacial score (nSPS) is 13.1. The summed E-state index contributed by atoms with van der Waals surface area (Å²) in [5.74, 6) is 0.0893. The van der Waals surface area contributed by atoms with Crippen LogP contribution in [0.5, 0.6) is 0 Å². The summed E-state index contributed by atoms with van der Waals surface area (Å²) in [6.07, 6.45) is 3.44. The highest BCUT2D eigenvalue weighted by atomic mass is 16.2. The van der Waals surface area contributed by atoms with E-state index < -0.39 is 6.04 Å². The summed E-state index contributed by atoms with van der Waals surface area (Å²) in [4.78, 5) is 28.2. The van der Waals surface area contributed by atoms with Gasteiger partial charge >= 0.3 is 0 Å². The summed E-state index contributed by atoms with van der Waals surface area (Å²) in [6, 6.07) is 10.1. The van der Waals surface area contributed by atoms with Gasteiger partial charge in [-0.15, -0.1) is 0 Å². The van der Waals surface area contributed by atoms with Crippen molar-refractivity contribution in [2.45, 2.75) is 39.3 Å². The summed E-state index contributed by atoms with van der Waals surface area (Å²) in [5.41, 5.74) is 8.15. The number of aromatic nitrogens is 1. The molecule has 2 aromatic rings. The quantitative estimate of drug-likeness (QED) is 0.712. The molecule has 0 aliphatic heterocycles. The maximum Gasteiger partial charge on any atom is 0.255 e. The first-order chi connectivity index (χ1) is 12.4. The van der Waals surface area contributed by atoms with Crippen molar-refractivity contribution in [3.63, 3.8) is 0 Å². The smallest absolute Gasteiger partial charge is 0.255 e. The molecule has 1 aromatic carbocycles. The average Bonchev–Trinajstić information content (AvgIpc) is 2.62. The fourth-order valence-corrected chi connectivity index (χ4v) is 2.32. The number of hydrogen-bond acceptors (Lipinski definition) is 4. The molecule has 1 heterocycles. The van der Waals surface area contributed by atoms with E-state index in [1.807, 2.05) is 6.92 Å². The second-order valence-corrected chi connectivity index (χ2v) is 6.72. The van der Waals surface area contributed by atoms with Gasteiger partial charge < -0.3 is 16.4 Å². The summed E-state index contributed by atoms with van der Waals surface area (Å²) in [7, 11) is 0. The number of carbonyl (C=O) groups excluding carboxylic acids is 2. The molecule has 6 heteroatoms. The average molecular weight is 354 g/mol. The third-order valence-corrected chi connectivity index (χ3v) is 4.33. The molecule has 0 bridgehead atoms. The van der Waals surface area contributed by atoms with Crippen molar-refractivity contribution in [1.29, 1.82) is 0 Å². The molecule has 6 nitrogen and oxygen atoms in total. The molecule has 0 saturated heterocycles. The van der Waals surface area contributed by atoms with Crippen LogP contribution in [-0.4, -0.2) is 22.8 Å². The van der Waals surface area contributed by atoms with Gasteiger partial charge in [0.2, 0.25) is 5.91 Å². The van der Waals surface area contributed by atoms with Crippen LogP contribution < -0.4 is 16.4 Å². The number of anilines is 1. The first kappa shape index (κ1) is 19.6. The molecule has 0 spiro atoms. The van der Waals surface area contributed by atoms with Crippen molar-refractivity contribution in [1.82, 2.24) is 10.3 Å². The Morgan fingerprint density at radius 3 is 2.23 bits per heavy atom. The molecule has 0 radical (unpaired) electrons. The Labute approximate surface area is 154 Å². The van der Waals surface area contributed by atoms with Gasteiger partial charge in [-0.25, -0.2) is 0 Å². The number of benzene rings is 1. The van der Waals surface area contributed by atoms with Crippen LogP contribution >= 0.6 is 0 Å². The summed E-state index contributed by atoms with van der Waals surface area (Å²) < 4.78 is 0. The lowest BCUT2D eigenvalue weighted by atomic mass is 10.0. The topological polar surface area (TPSA) is 97.1 Å². The van der Waals surface area contributed by atoms with Crippen LogP contribution in [0.25, 0.3) is 0 Å². The molecule has 2 unspecified atom stereocenters. The van der Waals surface area contributed by atoms with Crippen molar-refractivity contribution in [3.8, 4) is 0 Å². The zero-order chi connectivity index (χ0) is 19.1. The van der Waals surface area contributed by atoms with Crippen molar-refractivity contribution >= 4 is 17.5 Å². The Balaban J connectivity index is 1.93. The van der Waals surface area contributed by atoms with Gasteiger partial charge in [-0.2, -0.15) is 0 Å². The second-order valence-electron chi connectivity index (χ2n) is 6.72. The zero-order valence-corrected chi connectivity index (χ0v) is 15.4. The maximum atomic E-state index is 12.2. The minimum atomic E-state index is -0.410. The Morgan fingerprint density at radius 1 is 1.04 bits per heavy atom. The molecule has 0 aliphatic carbocycles. The van der Waals surface area contributed by atoms with Crippen LogP contribution in [0, 0.1) is 5.92 Å². The number of nitrogens with two attached hydrogens (primary N) is 1. The molecule has 0 aliphatic rings. The lowest BCUT2D eigenvalue weighted by Crippen LogP contribution is -2.37. The minimum absolute atomic E-state index is 0.0711. The summed E-state index contributed by atoms with van der Waals surface area (Å²) >= 11 is 0. The van der Waals surface area contributed by atoms with E-state index in [1.54, 1.807) is 48.8 Å². The zero-order valence-electron chi connectivity index (χ0n) is 15.4. The fraction of sp³-hybridized carbons (Fsp3) is 0.350. The molecule has 2 amide bonds. The monoisotopic (exact) mass is 354 g/mol. The predicted octanol–water partition coefficient (Wildman–Crippen LogP) is 2.88. The highest BCUT2D eigenvalue weighted by molar-refractivity contribution is 6.04. The van der Waals surface area contributed by atoms with E-state index in [0.717, 1.165) is 5.56 Å². The van der Waals surface area contributed by atoms with Crippen molar-refractivity contribution in [2.24, 2.45) is 11.7 Å². The van der Waals surface area contributed by atoms with E-state index in [2.05, 4.69) is 29.5 Å². The first-order valence-electron chi connectivity index (χ1n) is 8.73. The number of hydrogen-bond donors (Lipinski definition) is 3. The third kappa shape index (κ3) is 5.67. The van der Waals surface area contributed by atoms with Gasteiger partial charge in [-0.05, 0) is 42.7 Å². The molecule has 2 rings (SSSR count). The van der Waals surface area contributed by atoms with Gasteiger partial charge in [-0.1, -0.05) is 26.0 Å². The molecule has 1 aromatic heterocycles. The Morgan fingerprint density at radius 2 is 1.65 bits per heavy atom. The van der Waals surface area contributed by atoms with E-state index in [9.17, 15) is 9.59 Å². The number of carbonyl (C=O) groups is 2. The highest BCUT2D eigenvalue weighted by Crippen LogP contribution is 2.16. The van der Waals surface area contributed by atoms with E-state index in [1.165, 1.54) is 0 Å². The van der Waals surface area contributed by atoms with Gasteiger partial charge in [0.1, 0.15) is 0 Å². The van der Waals surface area contributed by atoms with Gasteiger partial charge in [0.25, 0.3) is 5.91 Å². The number of amides is 2. The van der Waals surface area contributed by atoms with E-state index in [4.69, 9.17) is 5.73 Å². The van der Waals surface area contributed by atoms with Crippen LogP contribution in [0.1, 0.15) is 49.2 Å². The lowest BCUT2D eigenvalue weighted by molar-refractivity contribution is -0.122. The predicted molar refractivity (Wildman–Crippen MR) is 103 cm³/mol. The van der Waals surface area contributed by atoms with Gasteiger partial charge in [0.05, 0.1) is 0 Å². The summed E-state index contributed by atoms with van der Waals surface area (Å²) in [5, 5.41) is 5.75. The Hall–Kier alpha value is -2.73. The molecule has 138 valence electrons. The van der Waals surface area contributed by atoms with E-state index >= 15 is 0 Å². The molecule has 26 heavy (non-hydrogen) atoms. The van der Waals surface area contributed by atoms with Crippen LogP contribution in [0.15, 0.2) is 48.8 Å². The Kier molecular flexibility index (Phi) is 6.86. The first-order valence-corrected chi connectivity index (χ1v) is 8.73. The molecule has 2 atom stereocenters. The largest absolute Gasteiger partial charge is 0.353 e. The van der Waals surface area contributed by atoms with Gasteiger partial charge in [-0.3, -0.25) is 14.6 Å². The SMILES string of the molecule is CC(C)C(C)NC(=O)CC(N)c1ccc(C(=O)Nc2ccncc2)cc1. The van der Waals surface area contributed by atoms with Crippen molar-refractivity contribution in [2.75, 3.05) is 5.32 Å². The fourth-order valence-electron chi connectivity index (χ4n) is 2.32. The number of nitrogens with zero attached hydrogens (tertiary/aromatic N) is 1. The molecular weight excluding hydrogens is 328 g/mol. The van der Waals surface area contributed by atoms with Crippen LogP contribution in [0.3, 0.4) is 0 Å². The molecule has 4 N–H and O–H groups in total. The highest BCUT2D eigenvalue weighted by Gasteiger charge is 2.16.